The lowest BCUT2D eigenvalue weighted by Crippen LogP contribution is -2.31. The largest absolute Gasteiger partial charge is 0.491 e. The maximum absolute atomic E-state index is 10.7. The fourth-order valence-corrected chi connectivity index (χ4v) is 2.69. The molecule has 0 radical (unpaired) electrons. The van der Waals surface area contributed by atoms with Gasteiger partial charge in [0.1, 0.15) is 5.75 Å². The molecule has 0 atom stereocenters. The van der Waals surface area contributed by atoms with Crippen LogP contribution in [-0.4, -0.2) is 29.3 Å². The first-order chi connectivity index (χ1) is 12.0. The predicted molar refractivity (Wildman–Crippen MR) is 92.3 cm³/mol. The number of carboxylic acid groups (broad SMARTS) is 1. The summed E-state index contributed by atoms with van der Waals surface area (Å²) in [6.45, 7) is 2.77. The molecule has 3 rings (SSSR count). The van der Waals surface area contributed by atoms with Gasteiger partial charge in [-0.15, -0.1) is 0 Å². The average Bonchev–Trinajstić information content (AvgIpc) is 3.40. The molecule has 128 valence electrons. The second-order valence-electron chi connectivity index (χ2n) is 6.44. The molecule has 6 heteroatoms. The van der Waals surface area contributed by atoms with Gasteiger partial charge in [-0.25, -0.2) is 4.79 Å². The number of aromatic nitrogens is 1. The number of carbonyl (C=O) groups is 1. The van der Waals surface area contributed by atoms with Crippen LogP contribution in [0.4, 0.5) is 4.79 Å². The standard InChI is InChI=1S/C19H19N3O3/c1-13-17(15-4-2-3-14(7-15)9-20)8-16(10-21-13)25-12-19(5-6-19)11-22-18(23)24/h2-4,7-8,10,22H,5-6,11-12H2,1H3,(H,23,24). The van der Waals surface area contributed by atoms with Crippen molar-refractivity contribution in [2.75, 3.05) is 13.2 Å². The van der Waals surface area contributed by atoms with Crippen LogP contribution in [0.5, 0.6) is 5.75 Å². The fourth-order valence-electron chi connectivity index (χ4n) is 2.69. The van der Waals surface area contributed by atoms with E-state index in [9.17, 15) is 4.79 Å². The number of rotatable bonds is 6. The van der Waals surface area contributed by atoms with Gasteiger partial charge in [-0.3, -0.25) is 4.98 Å². The number of nitrogens with zero attached hydrogens (tertiary/aromatic N) is 2. The average molecular weight is 337 g/mol. The highest BCUT2D eigenvalue weighted by Crippen LogP contribution is 2.45. The topological polar surface area (TPSA) is 95.2 Å². The van der Waals surface area contributed by atoms with E-state index in [0.29, 0.717) is 24.5 Å². The molecule has 1 aromatic carbocycles. The van der Waals surface area contributed by atoms with E-state index in [0.717, 1.165) is 29.7 Å². The van der Waals surface area contributed by atoms with Gasteiger partial charge in [0.2, 0.25) is 0 Å². The Morgan fingerprint density at radius 1 is 1.44 bits per heavy atom. The number of aryl methyl sites for hydroxylation is 1. The van der Waals surface area contributed by atoms with Crippen LogP contribution in [0.2, 0.25) is 0 Å². The van der Waals surface area contributed by atoms with Crippen LogP contribution in [-0.2, 0) is 0 Å². The summed E-state index contributed by atoms with van der Waals surface area (Å²) in [6.07, 6.45) is 2.56. The molecule has 0 spiro atoms. The quantitative estimate of drug-likeness (QED) is 0.843. The third-order valence-electron chi connectivity index (χ3n) is 4.48. The van der Waals surface area contributed by atoms with Gasteiger partial charge in [0.25, 0.3) is 0 Å². The molecule has 2 N–H and O–H groups in total. The van der Waals surface area contributed by atoms with E-state index >= 15 is 0 Å². The molecule has 1 aliphatic carbocycles. The molecule has 2 aromatic rings. The van der Waals surface area contributed by atoms with Gasteiger partial charge in [-0.05, 0) is 43.5 Å². The molecule has 6 nitrogen and oxygen atoms in total. The molecule has 1 aromatic heterocycles. The number of nitrogens with one attached hydrogen (secondary N) is 1. The second-order valence-corrected chi connectivity index (χ2v) is 6.44. The molecule has 1 amide bonds. The number of ether oxygens (including phenoxy) is 1. The van der Waals surface area contributed by atoms with Crippen molar-refractivity contribution >= 4 is 6.09 Å². The van der Waals surface area contributed by atoms with Crippen LogP contribution < -0.4 is 10.1 Å². The van der Waals surface area contributed by atoms with Gasteiger partial charge < -0.3 is 15.2 Å². The highest BCUT2D eigenvalue weighted by Gasteiger charge is 2.43. The van der Waals surface area contributed by atoms with E-state index in [-0.39, 0.29) is 5.41 Å². The van der Waals surface area contributed by atoms with Crippen LogP contribution in [0.15, 0.2) is 36.5 Å². The van der Waals surface area contributed by atoms with Crippen molar-refractivity contribution in [3.63, 3.8) is 0 Å². The molecule has 25 heavy (non-hydrogen) atoms. The predicted octanol–water partition coefficient (Wildman–Crippen LogP) is 3.36. The van der Waals surface area contributed by atoms with Crippen molar-refractivity contribution in [3.8, 4) is 22.9 Å². The van der Waals surface area contributed by atoms with Crippen molar-refractivity contribution in [1.82, 2.24) is 10.3 Å². The van der Waals surface area contributed by atoms with Crippen LogP contribution in [0, 0.1) is 23.7 Å². The smallest absolute Gasteiger partial charge is 0.404 e. The zero-order chi connectivity index (χ0) is 17.9. The number of hydrogen-bond acceptors (Lipinski definition) is 4. The monoisotopic (exact) mass is 337 g/mol. The number of hydrogen-bond donors (Lipinski definition) is 2. The third kappa shape index (κ3) is 4.07. The second kappa shape index (κ2) is 6.81. The van der Waals surface area contributed by atoms with E-state index in [2.05, 4.69) is 16.4 Å². The zero-order valence-electron chi connectivity index (χ0n) is 14.0. The molecule has 0 unspecified atom stereocenters. The number of pyridine rings is 1. The van der Waals surface area contributed by atoms with Crippen LogP contribution in [0.25, 0.3) is 11.1 Å². The lowest BCUT2D eigenvalue weighted by Gasteiger charge is -2.16. The van der Waals surface area contributed by atoms with E-state index in [1.807, 2.05) is 31.2 Å². The zero-order valence-corrected chi connectivity index (χ0v) is 14.0. The Morgan fingerprint density at radius 3 is 2.92 bits per heavy atom. The Labute approximate surface area is 146 Å². The van der Waals surface area contributed by atoms with E-state index in [4.69, 9.17) is 15.1 Å². The molecule has 1 fully saturated rings. The summed E-state index contributed by atoms with van der Waals surface area (Å²) in [5, 5.41) is 20.2. The first-order valence-corrected chi connectivity index (χ1v) is 8.08. The molecular weight excluding hydrogens is 318 g/mol. The van der Waals surface area contributed by atoms with Crippen molar-refractivity contribution in [3.05, 3.63) is 47.8 Å². The Bertz CT molecular complexity index is 838. The van der Waals surface area contributed by atoms with Gasteiger partial charge in [0.05, 0.1) is 24.4 Å². The number of benzene rings is 1. The maximum atomic E-state index is 10.7. The summed E-state index contributed by atoms with van der Waals surface area (Å²) >= 11 is 0. The van der Waals surface area contributed by atoms with Crippen molar-refractivity contribution in [1.29, 1.82) is 5.26 Å². The van der Waals surface area contributed by atoms with Crippen LogP contribution >= 0.6 is 0 Å². The van der Waals surface area contributed by atoms with Gasteiger partial charge in [0, 0.05) is 23.2 Å². The summed E-state index contributed by atoms with van der Waals surface area (Å²) < 4.78 is 5.88. The minimum atomic E-state index is -1.01. The summed E-state index contributed by atoms with van der Waals surface area (Å²) in [5.41, 5.74) is 3.19. The van der Waals surface area contributed by atoms with E-state index in [1.165, 1.54) is 0 Å². The summed E-state index contributed by atoms with van der Waals surface area (Å²) in [5.74, 6) is 0.643. The highest BCUT2D eigenvalue weighted by atomic mass is 16.5. The molecule has 0 bridgehead atoms. The highest BCUT2D eigenvalue weighted by molar-refractivity contribution is 5.68. The molecule has 1 aliphatic rings. The normalized spacial score (nSPS) is 14.4. The molecular formula is C19H19N3O3. The van der Waals surface area contributed by atoms with Crippen LogP contribution in [0.1, 0.15) is 24.1 Å². The van der Waals surface area contributed by atoms with Crippen molar-refractivity contribution in [2.24, 2.45) is 5.41 Å². The third-order valence-corrected chi connectivity index (χ3v) is 4.48. The summed E-state index contributed by atoms with van der Waals surface area (Å²) in [7, 11) is 0. The Kier molecular flexibility index (Phi) is 4.57. The molecule has 0 saturated heterocycles. The van der Waals surface area contributed by atoms with Gasteiger partial charge in [-0.2, -0.15) is 5.26 Å². The molecule has 0 aliphatic heterocycles. The maximum Gasteiger partial charge on any atom is 0.404 e. The fraction of sp³-hybridized carbons (Fsp3) is 0.316. The lowest BCUT2D eigenvalue weighted by atomic mass is 10.0. The first-order valence-electron chi connectivity index (χ1n) is 8.08. The van der Waals surface area contributed by atoms with E-state index in [1.54, 1.807) is 12.3 Å². The summed E-state index contributed by atoms with van der Waals surface area (Å²) in [4.78, 5) is 15.0. The Hall–Kier alpha value is -3.07. The first kappa shape index (κ1) is 16.8. The number of nitriles is 1. The lowest BCUT2D eigenvalue weighted by molar-refractivity contribution is 0.184. The van der Waals surface area contributed by atoms with Gasteiger partial charge in [0.15, 0.2) is 0 Å². The van der Waals surface area contributed by atoms with Gasteiger partial charge >= 0.3 is 6.09 Å². The van der Waals surface area contributed by atoms with Crippen molar-refractivity contribution in [2.45, 2.75) is 19.8 Å². The summed E-state index contributed by atoms with van der Waals surface area (Å²) in [6, 6.07) is 11.4. The van der Waals surface area contributed by atoms with E-state index < -0.39 is 6.09 Å². The van der Waals surface area contributed by atoms with Crippen molar-refractivity contribution < 1.29 is 14.6 Å². The molecule has 1 saturated carbocycles. The minimum absolute atomic E-state index is 0.107. The molecule has 1 heterocycles. The van der Waals surface area contributed by atoms with Gasteiger partial charge in [-0.1, -0.05) is 12.1 Å². The Morgan fingerprint density at radius 2 is 2.24 bits per heavy atom. The minimum Gasteiger partial charge on any atom is -0.491 e. The number of amides is 1. The Balaban J connectivity index is 1.74. The SMILES string of the molecule is Cc1ncc(OCC2(CNC(=O)O)CC2)cc1-c1cccc(C#N)c1. The van der Waals surface area contributed by atoms with Crippen LogP contribution in [0.3, 0.4) is 0 Å².